The van der Waals surface area contributed by atoms with E-state index in [9.17, 15) is 0 Å². The quantitative estimate of drug-likeness (QED) is 0.767. The molecule has 0 atom stereocenters. The number of hydrogen-bond acceptors (Lipinski definition) is 2. The number of methoxy groups -OCH3 is 1. The van der Waals surface area contributed by atoms with Crippen molar-refractivity contribution in [3.8, 4) is 5.75 Å². The summed E-state index contributed by atoms with van der Waals surface area (Å²) in [5, 5.41) is 7.51. The average Bonchev–Trinajstić information content (AvgIpc) is 2.41. The van der Waals surface area contributed by atoms with Crippen LogP contribution in [0.15, 0.2) is 30.3 Å². The lowest BCUT2D eigenvalue weighted by Gasteiger charge is -2.15. The van der Waals surface area contributed by atoms with Gasteiger partial charge in [0.2, 0.25) is 0 Å². The molecule has 5 heteroatoms. The van der Waals surface area contributed by atoms with Gasteiger partial charge in [0.1, 0.15) is 5.75 Å². The van der Waals surface area contributed by atoms with E-state index in [0.29, 0.717) is 15.9 Å². The Morgan fingerprint density at radius 2 is 1.64 bits per heavy atom. The van der Waals surface area contributed by atoms with Crippen molar-refractivity contribution in [2.45, 2.75) is 20.8 Å². The van der Waals surface area contributed by atoms with E-state index in [2.05, 4.69) is 30.5 Å². The van der Waals surface area contributed by atoms with E-state index in [1.807, 2.05) is 25.1 Å². The summed E-state index contributed by atoms with van der Waals surface area (Å²) in [5.74, 6) is 0.653. The average molecular weight is 335 g/mol. The summed E-state index contributed by atoms with van der Waals surface area (Å²) in [6, 6.07) is 9.90. The topological polar surface area (TPSA) is 33.3 Å². The molecule has 0 aliphatic carbocycles. The van der Waals surface area contributed by atoms with Crippen molar-refractivity contribution >= 4 is 40.3 Å². The second kappa shape index (κ2) is 6.99. The van der Waals surface area contributed by atoms with Crippen molar-refractivity contribution in [3.63, 3.8) is 0 Å². The van der Waals surface area contributed by atoms with Gasteiger partial charge in [-0.1, -0.05) is 17.7 Å². The van der Waals surface area contributed by atoms with E-state index in [0.717, 1.165) is 16.9 Å². The third-order valence-corrected chi connectivity index (χ3v) is 3.82. The van der Waals surface area contributed by atoms with E-state index in [-0.39, 0.29) is 0 Å². The van der Waals surface area contributed by atoms with Crippen molar-refractivity contribution in [2.75, 3.05) is 17.7 Å². The third-order valence-electron chi connectivity index (χ3n) is 3.21. The Labute approximate surface area is 141 Å². The molecule has 0 fully saturated rings. The fourth-order valence-corrected chi connectivity index (χ4v) is 2.64. The lowest BCUT2D eigenvalue weighted by atomic mass is 10.1. The molecule has 0 unspecified atom stereocenters. The highest BCUT2D eigenvalue weighted by atomic mass is 35.5. The fourth-order valence-electron chi connectivity index (χ4n) is 2.26. The van der Waals surface area contributed by atoms with Crippen molar-refractivity contribution in [1.82, 2.24) is 0 Å². The number of aryl methyl sites for hydroxylation is 3. The molecule has 0 spiro atoms. The maximum absolute atomic E-state index is 6.11. The summed E-state index contributed by atoms with van der Waals surface area (Å²) in [4.78, 5) is 0. The van der Waals surface area contributed by atoms with Crippen LogP contribution >= 0.6 is 23.8 Å². The molecule has 3 nitrogen and oxygen atoms in total. The predicted octanol–water partition coefficient (Wildman–Crippen LogP) is 5.08. The molecule has 0 bridgehead atoms. The van der Waals surface area contributed by atoms with Gasteiger partial charge in [-0.05, 0) is 67.9 Å². The lowest BCUT2D eigenvalue weighted by Crippen LogP contribution is -2.19. The van der Waals surface area contributed by atoms with Crippen molar-refractivity contribution < 1.29 is 4.74 Å². The van der Waals surface area contributed by atoms with Crippen LogP contribution in [0.3, 0.4) is 0 Å². The summed E-state index contributed by atoms with van der Waals surface area (Å²) < 4.78 is 5.34. The van der Waals surface area contributed by atoms with Gasteiger partial charge in [-0.15, -0.1) is 0 Å². The zero-order chi connectivity index (χ0) is 16.3. The predicted molar refractivity (Wildman–Crippen MR) is 98.5 cm³/mol. The van der Waals surface area contributed by atoms with E-state index >= 15 is 0 Å². The molecule has 2 rings (SSSR count). The number of anilines is 2. The molecule has 0 saturated carbocycles. The second-order valence-electron chi connectivity index (χ2n) is 5.26. The number of rotatable bonds is 3. The molecule has 0 radical (unpaired) electrons. The van der Waals surface area contributed by atoms with E-state index in [1.165, 1.54) is 11.1 Å². The van der Waals surface area contributed by atoms with Crippen LogP contribution < -0.4 is 15.4 Å². The summed E-state index contributed by atoms with van der Waals surface area (Å²) in [5.41, 5.74) is 5.07. The molecule has 0 saturated heterocycles. The molecule has 0 aromatic heterocycles. The summed E-state index contributed by atoms with van der Waals surface area (Å²) in [7, 11) is 1.60. The number of hydrogen-bond donors (Lipinski definition) is 2. The van der Waals surface area contributed by atoms with Gasteiger partial charge < -0.3 is 15.4 Å². The van der Waals surface area contributed by atoms with Crippen LogP contribution in [0.1, 0.15) is 16.7 Å². The van der Waals surface area contributed by atoms with Gasteiger partial charge in [0.25, 0.3) is 0 Å². The van der Waals surface area contributed by atoms with Gasteiger partial charge in [0.05, 0.1) is 12.8 Å². The summed E-state index contributed by atoms with van der Waals surface area (Å²) in [6.45, 7) is 6.05. The number of nitrogens with one attached hydrogen (secondary N) is 2. The van der Waals surface area contributed by atoms with Crippen molar-refractivity contribution in [2.24, 2.45) is 0 Å². The van der Waals surface area contributed by atoms with Crippen LogP contribution in [0.25, 0.3) is 0 Å². The fraction of sp³-hybridized carbons (Fsp3) is 0.235. The van der Waals surface area contributed by atoms with Crippen LogP contribution in [0.4, 0.5) is 11.4 Å². The first-order valence-corrected chi connectivity index (χ1v) is 7.68. The Balaban J connectivity index is 2.17. The molecule has 0 heterocycles. The molecule has 116 valence electrons. The van der Waals surface area contributed by atoms with Gasteiger partial charge in [-0.2, -0.15) is 0 Å². The first kappa shape index (κ1) is 16.6. The van der Waals surface area contributed by atoms with Gasteiger partial charge in [0, 0.05) is 16.8 Å². The Morgan fingerprint density at radius 3 is 2.23 bits per heavy atom. The highest BCUT2D eigenvalue weighted by Gasteiger charge is 2.09. The maximum atomic E-state index is 6.11. The molecule has 0 aliphatic heterocycles. The van der Waals surface area contributed by atoms with Crippen LogP contribution in [0, 0.1) is 20.8 Å². The lowest BCUT2D eigenvalue weighted by molar-refractivity contribution is 0.417. The molecule has 2 N–H and O–H groups in total. The normalized spacial score (nSPS) is 10.2. The Kier molecular flexibility index (Phi) is 5.27. The zero-order valence-corrected chi connectivity index (χ0v) is 14.7. The van der Waals surface area contributed by atoms with Gasteiger partial charge >= 0.3 is 0 Å². The molecular formula is C17H19ClN2OS. The van der Waals surface area contributed by atoms with Crippen LogP contribution in [0.2, 0.25) is 5.02 Å². The number of benzene rings is 2. The van der Waals surface area contributed by atoms with E-state index in [1.54, 1.807) is 13.2 Å². The number of ether oxygens (including phenoxy) is 1. The van der Waals surface area contributed by atoms with Crippen LogP contribution in [-0.2, 0) is 0 Å². The van der Waals surface area contributed by atoms with Crippen LogP contribution in [-0.4, -0.2) is 12.2 Å². The SMILES string of the molecule is COc1cc(Cl)c(C)cc1NC(=S)Nc1cc(C)cc(C)c1. The summed E-state index contributed by atoms with van der Waals surface area (Å²) >= 11 is 11.5. The summed E-state index contributed by atoms with van der Waals surface area (Å²) in [6.07, 6.45) is 0. The maximum Gasteiger partial charge on any atom is 0.175 e. The first-order chi connectivity index (χ1) is 10.4. The minimum atomic E-state index is 0.505. The number of halogens is 1. The standard InChI is InChI=1S/C17H19ClN2OS/c1-10-5-11(2)7-13(6-10)19-17(22)20-15-8-12(3)14(18)9-16(15)21-4/h5-9H,1-4H3,(H2,19,20,22). The molecular weight excluding hydrogens is 316 g/mol. The Morgan fingerprint density at radius 1 is 1.00 bits per heavy atom. The smallest absolute Gasteiger partial charge is 0.175 e. The third kappa shape index (κ3) is 4.12. The van der Waals surface area contributed by atoms with Crippen molar-refractivity contribution in [1.29, 1.82) is 0 Å². The highest BCUT2D eigenvalue weighted by Crippen LogP contribution is 2.31. The van der Waals surface area contributed by atoms with Crippen LogP contribution in [0.5, 0.6) is 5.75 Å². The molecule has 22 heavy (non-hydrogen) atoms. The largest absolute Gasteiger partial charge is 0.495 e. The molecule has 0 amide bonds. The minimum absolute atomic E-state index is 0.505. The van der Waals surface area contributed by atoms with Gasteiger partial charge in [-0.25, -0.2) is 0 Å². The Hall–Kier alpha value is -1.78. The molecule has 2 aromatic rings. The zero-order valence-electron chi connectivity index (χ0n) is 13.1. The first-order valence-electron chi connectivity index (χ1n) is 6.89. The highest BCUT2D eigenvalue weighted by molar-refractivity contribution is 7.80. The molecule has 2 aromatic carbocycles. The minimum Gasteiger partial charge on any atom is -0.495 e. The van der Waals surface area contributed by atoms with E-state index in [4.69, 9.17) is 28.6 Å². The van der Waals surface area contributed by atoms with Gasteiger partial charge in [-0.3, -0.25) is 0 Å². The van der Waals surface area contributed by atoms with E-state index < -0.39 is 0 Å². The van der Waals surface area contributed by atoms with Crippen molar-refractivity contribution in [3.05, 3.63) is 52.0 Å². The monoisotopic (exact) mass is 334 g/mol. The Bertz CT molecular complexity index is 696. The van der Waals surface area contributed by atoms with Gasteiger partial charge in [0.15, 0.2) is 5.11 Å². The number of thiocarbonyl (C=S) groups is 1. The molecule has 0 aliphatic rings. The second-order valence-corrected chi connectivity index (χ2v) is 6.07.